The minimum Gasteiger partial charge on any atom is -0.493 e. The summed E-state index contributed by atoms with van der Waals surface area (Å²) >= 11 is 0. The molecule has 6 nitrogen and oxygen atoms in total. The third kappa shape index (κ3) is 5.21. The molecule has 3 aromatic carbocycles. The van der Waals surface area contributed by atoms with E-state index in [9.17, 15) is 8.42 Å². The molecule has 0 radical (unpaired) electrons. The van der Waals surface area contributed by atoms with Gasteiger partial charge >= 0.3 is 0 Å². The highest BCUT2D eigenvalue weighted by atomic mass is 32.2. The molecule has 0 fully saturated rings. The second-order valence-electron chi connectivity index (χ2n) is 8.30. The van der Waals surface area contributed by atoms with Gasteiger partial charge in [0.2, 0.25) is 10.0 Å². The van der Waals surface area contributed by atoms with Crippen molar-refractivity contribution >= 4 is 10.0 Å². The predicted molar refractivity (Wildman–Crippen MR) is 129 cm³/mol. The third-order valence-electron chi connectivity index (χ3n) is 6.10. The number of aryl methyl sites for hydroxylation is 1. The summed E-state index contributed by atoms with van der Waals surface area (Å²) in [5.74, 6) is 1.33. The number of benzene rings is 3. The van der Waals surface area contributed by atoms with Crippen LogP contribution in [0.1, 0.15) is 28.3 Å². The molecule has 1 atom stereocenters. The highest BCUT2D eigenvalue weighted by Gasteiger charge is 2.30. The maximum absolute atomic E-state index is 12.9. The van der Waals surface area contributed by atoms with Crippen molar-refractivity contribution < 1.29 is 17.9 Å². The van der Waals surface area contributed by atoms with E-state index in [4.69, 9.17) is 9.47 Å². The van der Waals surface area contributed by atoms with Gasteiger partial charge in [0.1, 0.15) is 0 Å². The van der Waals surface area contributed by atoms with Gasteiger partial charge in [-0.2, -0.15) is 0 Å². The van der Waals surface area contributed by atoms with Crippen molar-refractivity contribution in [2.75, 3.05) is 27.3 Å². The molecule has 1 heterocycles. The second-order valence-corrected chi connectivity index (χ2v) is 10.1. The molecule has 7 heteroatoms. The van der Waals surface area contributed by atoms with Gasteiger partial charge in [-0.15, -0.1) is 0 Å². The minimum absolute atomic E-state index is 0.146. The number of fused-ring (bicyclic) bond motifs is 1. The van der Waals surface area contributed by atoms with E-state index < -0.39 is 10.0 Å². The van der Waals surface area contributed by atoms with Gasteiger partial charge in [-0.1, -0.05) is 48.0 Å². The Morgan fingerprint density at radius 2 is 1.70 bits per heavy atom. The molecular weight excluding hydrogens is 436 g/mol. The van der Waals surface area contributed by atoms with Crippen molar-refractivity contribution in [2.45, 2.75) is 30.8 Å². The van der Waals surface area contributed by atoms with Gasteiger partial charge in [0.15, 0.2) is 11.5 Å². The van der Waals surface area contributed by atoms with Crippen molar-refractivity contribution in [2.24, 2.45) is 0 Å². The van der Waals surface area contributed by atoms with Crippen molar-refractivity contribution in [3.63, 3.8) is 0 Å². The van der Waals surface area contributed by atoms with Crippen LogP contribution in [0.25, 0.3) is 0 Å². The topological polar surface area (TPSA) is 67.9 Å². The fourth-order valence-corrected chi connectivity index (χ4v) is 5.48. The fraction of sp³-hybridized carbons (Fsp3) is 0.308. The van der Waals surface area contributed by atoms with Crippen LogP contribution in [0.2, 0.25) is 0 Å². The van der Waals surface area contributed by atoms with Gasteiger partial charge in [0.05, 0.1) is 19.1 Å². The van der Waals surface area contributed by atoms with Gasteiger partial charge in [0, 0.05) is 25.7 Å². The summed E-state index contributed by atoms with van der Waals surface area (Å²) in [5.41, 5.74) is 4.62. The summed E-state index contributed by atoms with van der Waals surface area (Å²) in [6.07, 6.45) is 0.851. The summed E-state index contributed by atoms with van der Waals surface area (Å²) in [4.78, 5) is 2.59. The Hall–Kier alpha value is -2.87. The first kappa shape index (κ1) is 23.3. The van der Waals surface area contributed by atoms with Gasteiger partial charge < -0.3 is 9.47 Å². The SMILES string of the molecule is COc1cc2c(cc1OC)C(CNS(=O)(=O)c1ccccc1)N(Cc1cccc(C)c1)CC2. The zero-order valence-corrected chi connectivity index (χ0v) is 20.1. The molecule has 1 aliphatic rings. The predicted octanol–water partition coefficient (Wildman–Crippen LogP) is 4.09. The molecule has 174 valence electrons. The number of ether oxygens (including phenoxy) is 2. The normalized spacial score (nSPS) is 16.3. The maximum Gasteiger partial charge on any atom is 0.240 e. The zero-order valence-electron chi connectivity index (χ0n) is 19.2. The Morgan fingerprint density at radius 3 is 2.39 bits per heavy atom. The van der Waals surface area contributed by atoms with E-state index in [-0.39, 0.29) is 17.5 Å². The highest BCUT2D eigenvalue weighted by Crippen LogP contribution is 2.38. The molecule has 0 saturated heterocycles. The van der Waals surface area contributed by atoms with Crippen molar-refractivity contribution in [3.05, 3.63) is 89.0 Å². The average Bonchev–Trinajstić information content (AvgIpc) is 2.83. The van der Waals surface area contributed by atoms with E-state index in [0.717, 1.165) is 30.6 Å². The van der Waals surface area contributed by atoms with Crippen molar-refractivity contribution in [1.29, 1.82) is 0 Å². The Labute approximate surface area is 196 Å². The Kier molecular flexibility index (Phi) is 7.02. The monoisotopic (exact) mass is 466 g/mol. The summed E-state index contributed by atoms with van der Waals surface area (Å²) in [7, 11) is -0.383. The van der Waals surface area contributed by atoms with Crippen molar-refractivity contribution in [1.82, 2.24) is 9.62 Å². The number of rotatable bonds is 8. The molecule has 1 N–H and O–H groups in total. The van der Waals surface area contributed by atoms with E-state index >= 15 is 0 Å². The lowest BCUT2D eigenvalue weighted by atomic mass is 9.91. The van der Waals surface area contributed by atoms with Crippen LogP contribution in [0.5, 0.6) is 11.5 Å². The van der Waals surface area contributed by atoms with E-state index in [1.54, 1.807) is 44.6 Å². The quantitative estimate of drug-likeness (QED) is 0.542. The molecule has 33 heavy (non-hydrogen) atoms. The molecule has 1 aliphatic heterocycles. The van der Waals surface area contributed by atoms with E-state index in [2.05, 4.69) is 40.8 Å². The molecule has 0 saturated carbocycles. The Morgan fingerprint density at radius 1 is 0.970 bits per heavy atom. The zero-order chi connectivity index (χ0) is 23.4. The summed E-state index contributed by atoms with van der Waals surface area (Å²) in [5, 5.41) is 0. The molecule has 0 aromatic heterocycles. The molecular formula is C26H30N2O4S. The van der Waals surface area contributed by atoms with Crippen LogP contribution in [0, 0.1) is 6.92 Å². The molecule has 0 aliphatic carbocycles. The molecule has 0 amide bonds. The number of sulfonamides is 1. The lowest BCUT2D eigenvalue weighted by Crippen LogP contribution is -2.41. The van der Waals surface area contributed by atoms with Crippen LogP contribution in [0.15, 0.2) is 71.6 Å². The number of methoxy groups -OCH3 is 2. The Balaban J connectivity index is 1.67. The second kappa shape index (κ2) is 9.95. The van der Waals surface area contributed by atoms with Crippen LogP contribution in [0.3, 0.4) is 0 Å². The molecule has 0 spiro atoms. The summed E-state index contributed by atoms with van der Waals surface area (Å²) in [6.45, 7) is 3.88. The summed E-state index contributed by atoms with van der Waals surface area (Å²) in [6, 6.07) is 20.8. The van der Waals surface area contributed by atoms with Crippen LogP contribution in [0.4, 0.5) is 0 Å². The fourth-order valence-electron chi connectivity index (χ4n) is 4.43. The van der Waals surface area contributed by atoms with E-state index in [1.165, 1.54) is 11.1 Å². The first-order valence-electron chi connectivity index (χ1n) is 11.0. The number of hydrogen-bond donors (Lipinski definition) is 1. The van der Waals surface area contributed by atoms with Crippen molar-refractivity contribution in [3.8, 4) is 11.5 Å². The maximum atomic E-state index is 12.9. The molecule has 3 aromatic rings. The molecule has 1 unspecified atom stereocenters. The largest absolute Gasteiger partial charge is 0.493 e. The minimum atomic E-state index is -3.63. The molecule has 4 rings (SSSR count). The van der Waals surface area contributed by atoms with Gasteiger partial charge in [0.25, 0.3) is 0 Å². The smallest absolute Gasteiger partial charge is 0.240 e. The van der Waals surface area contributed by atoms with Gasteiger partial charge in [-0.05, 0) is 54.3 Å². The number of nitrogens with one attached hydrogen (secondary N) is 1. The molecule has 0 bridgehead atoms. The van der Waals surface area contributed by atoms with Gasteiger partial charge in [-0.3, -0.25) is 4.90 Å². The van der Waals surface area contributed by atoms with E-state index in [0.29, 0.717) is 11.5 Å². The lowest BCUT2D eigenvalue weighted by Gasteiger charge is -2.38. The third-order valence-corrected chi connectivity index (χ3v) is 7.54. The standard InChI is InChI=1S/C26H30N2O4S/c1-19-8-7-9-20(14-19)18-28-13-12-21-15-25(31-2)26(32-3)16-23(21)24(28)17-27-33(29,30)22-10-5-4-6-11-22/h4-11,14-16,24,27H,12-13,17-18H2,1-3H3. The highest BCUT2D eigenvalue weighted by molar-refractivity contribution is 7.89. The lowest BCUT2D eigenvalue weighted by molar-refractivity contribution is 0.176. The first-order valence-corrected chi connectivity index (χ1v) is 12.5. The van der Waals surface area contributed by atoms with Crippen LogP contribution >= 0.6 is 0 Å². The van der Waals surface area contributed by atoms with Crippen LogP contribution in [-0.2, 0) is 23.0 Å². The Bertz CT molecular complexity index is 1210. The number of nitrogens with zero attached hydrogens (tertiary/aromatic N) is 1. The average molecular weight is 467 g/mol. The van der Waals surface area contributed by atoms with E-state index in [1.807, 2.05) is 12.1 Å². The van der Waals surface area contributed by atoms with Crippen LogP contribution in [-0.4, -0.2) is 40.6 Å². The van der Waals surface area contributed by atoms with Gasteiger partial charge in [-0.25, -0.2) is 13.1 Å². The number of hydrogen-bond acceptors (Lipinski definition) is 5. The first-order chi connectivity index (χ1) is 15.9. The summed E-state index contributed by atoms with van der Waals surface area (Å²) < 4.78 is 39.8. The van der Waals surface area contributed by atoms with Crippen LogP contribution < -0.4 is 14.2 Å².